The Morgan fingerprint density at radius 2 is 1.88 bits per heavy atom. The van der Waals surface area contributed by atoms with Crippen molar-refractivity contribution >= 4 is 34.4 Å². The zero-order chi connectivity index (χ0) is 29.1. The summed E-state index contributed by atoms with van der Waals surface area (Å²) in [4.78, 5) is 43.5. The van der Waals surface area contributed by atoms with Crippen LogP contribution in [0, 0.1) is 11.3 Å². The van der Waals surface area contributed by atoms with Crippen LogP contribution in [-0.2, 0) is 19.1 Å². The number of ether oxygens (including phenoxy) is 1. The Morgan fingerprint density at radius 1 is 1.07 bits per heavy atom. The average Bonchev–Trinajstić information content (AvgIpc) is 3.31. The summed E-state index contributed by atoms with van der Waals surface area (Å²) in [6, 6.07) is 16.2. The van der Waals surface area contributed by atoms with Gasteiger partial charge >= 0.3 is 5.97 Å². The number of benzene rings is 2. The third-order valence-corrected chi connectivity index (χ3v) is 9.11. The van der Waals surface area contributed by atoms with Gasteiger partial charge in [-0.3, -0.25) is 14.4 Å². The number of fused-ring (bicyclic) bond motifs is 3. The first kappa shape index (κ1) is 28.1. The molecule has 6 rings (SSSR count). The molecule has 1 aliphatic carbocycles. The Kier molecular flexibility index (Phi) is 8.09. The molecular weight excluding hydrogens is 530 g/mol. The molecule has 1 aromatic heterocycles. The summed E-state index contributed by atoms with van der Waals surface area (Å²) in [6.07, 6.45) is 9.82. The lowest BCUT2D eigenvalue weighted by atomic mass is 9.91. The molecule has 3 aliphatic rings. The molecule has 9 nitrogen and oxygen atoms in total. The van der Waals surface area contributed by atoms with E-state index in [1.165, 1.54) is 0 Å². The number of para-hydroxylation sites is 2. The molecule has 0 bridgehead atoms. The van der Waals surface area contributed by atoms with Gasteiger partial charge in [0.1, 0.15) is 11.6 Å². The molecule has 3 heterocycles. The molecule has 1 amide bonds. The quantitative estimate of drug-likeness (QED) is 0.336. The van der Waals surface area contributed by atoms with Crippen LogP contribution in [0.25, 0.3) is 11.0 Å². The minimum absolute atomic E-state index is 0.0151. The van der Waals surface area contributed by atoms with Gasteiger partial charge in [-0.05, 0) is 69.2 Å². The van der Waals surface area contributed by atoms with E-state index in [1.54, 1.807) is 11.8 Å². The molecule has 2 fully saturated rings. The lowest BCUT2D eigenvalue weighted by Crippen LogP contribution is -2.48. The van der Waals surface area contributed by atoms with Crippen LogP contribution in [-0.4, -0.2) is 62.8 Å². The normalized spacial score (nSPS) is 29.2. The summed E-state index contributed by atoms with van der Waals surface area (Å²) in [6.45, 7) is 2.42. The molecule has 0 unspecified atom stereocenters. The van der Waals surface area contributed by atoms with Crippen LogP contribution >= 0.6 is 0 Å². The summed E-state index contributed by atoms with van der Waals surface area (Å²) in [5, 5.41) is 12.2. The molecule has 3 aromatic rings. The zero-order valence-electron chi connectivity index (χ0n) is 24.2. The van der Waals surface area contributed by atoms with Gasteiger partial charge in [-0.25, -0.2) is 4.68 Å². The second-order valence-corrected chi connectivity index (χ2v) is 11.9. The molecule has 5 atom stereocenters. The monoisotopic (exact) mass is 569 g/mol. The molecule has 9 heteroatoms. The van der Waals surface area contributed by atoms with Gasteiger partial charge in [0.05, 0.1) is 29.6 Å². The van der Waals surface area contributed by atoms with Gasteiger partial charge in [-0.1, -0.05) is 60.5 Å². The summed E-state index contributed by atoms with van der Waals surface area (Å²) in [5.41, 5.74) is 1.68. The Hall–Kier alpha value is -4.01. The molecule has 1 saturated carbocycles. The lowest BCUT2D eigenvalue weighted by Gasteiger charge is -2.30. The van der Waals surface area contributed by atoms with Crippen LogP contribution in [0.4, 0.5) is 5.69 Å². The van der Waals surface area contributed by atoms with Crippen molar-refractivity contribution in [2.75, 3.05) is 18.5 Å². The highest BCUT2D eigenvalue weighted by atomic mass is 16.5. The third kappa shape index (κ3) is 5.56. The summed E-state index contributed by atoms with van der Waals surface area (Å²) < 4.78 is 7.32. The minimum atomic E-state index is -0.849. The van der Waals surface area contributed by atoms with Gasteiger partial charge in [0.25, 0.3) is 0 Å². The van der Waals surface area contributed by atoms with Gasteiger partial charge in [-0.15, -0.1) is 5.10 Å². The van der Waals surface area contributed by atoms with E-state index in [1.807, 2.05) is 59.3 Å². The molecule has 1 saturated heterocycles. The number of nitrogens with one attached hydrogen (secondary N) is 1. The second kappa shape index (κ2) is 12.1. The maximum Gasteiger partial charge on any atom is 0.313 e. The van der Waals surface area contributed by atoms with Crippen molar-refractivity contribution in [3.63, 3.8) is 0 Å². The predicted molar refractivity (Wildman–Crippen MR) is 160 cm³/mol. The van der Waals surface area contributed by atoms with Crippen LogP contribution in [0.2, 0.25) is 0 Å². The van der Waals surface area contributed by atoms with E-state index in [0.29, 0.717) is 25.8 Å². The first-order chi connectivity index (χ1) is 20.5. The molecular formula is C33H39N5O4. The number of nitrogens with zero attached hydrogens (tertiary/aromatic N) is 4. The van der Waals surface area contributed by atoms with E-state index < -0.39 is 17.5 Å². The van der Waals surface area contributed by atoms with Crippen molar-refractivity contribution in [3.05, 3.63) is 66.7 Å². The van der Waals surface area contributed by atoms with E-state index in [9.17, 15) is 14.4 Å². The number of esters is 1. The first-order valence-electron chi connectivity index (χ1n) is 15.3. The van der Waals surface area contributed by atoms with Crippen LogP contribution in [0.5, 0.6) is 0 Å². The zero-order valence-corrected chi connectivity index (χ0v) is 24.2. The minimum Gasteiger partial charge on any atom is -0.466 e. The number of carbonyl (C=O) groups excluding carboxylic acids is 3. The number of amides is 1. The molecule has 1 N–H and O–H groups in total. The number of hydrogen-bond acceptors (Lipinski definition) is 7. The van der Waals surface area contributed by atoms with E-state index in [0.717, 1.165) is 42.4 Å². The smallest absolute Gasteiger partial charge is 0.313 e. The largest absolute Gasteiger partial charge is 0.466 e. The highest BCUT2D eigenvalue weighted by molar-refractivity contribution is 5.96. The van der Waals surface area contributed by atoms with Crippen molar-refractivity contribution in [2.45, 2.75) is 76.4 Å². The van der Waals surface area contributed by atoms with Crippen LogP contribution in [0.3, 0.4) is 0 Å². The van der Waals surface area contributed by atoms with Crippen molar-refractivity contribution in [1.82, 2.24) is 19.9 Å². The Morgan fingerprint density at radius 3 is 2.71 bits per heavy atom. The number of ketones is 1. The first-order valence-corrected chi connectivity index (χ1v) is 15.3. The average molecular weight is 570 g/mol. The maximum absolute atomic E-state index is 14.4. The van der Waals surface area contributed by atoms with Gasteiger partial charge in [0.2, 0.25) is 5.91 Å². The van der Waals surface area contributed by atoms with Crippen molar-refractivity contribution in [1.29, 1.82) is 0 Å². The molecule has 0 radical (unpaired) electrons. The second-order valence-electron chi connectivity index (χ2n) is 11.9. The van der Waals surface area contributed by atoms with Crippen molar-refractivity contribution in [3.8, 4) is 0 Å². The fraction of sp³-hybridized carbons (Fsp3) is 0.485. The number of hydrogen-bond donors (Lipinski definition) is 1. The number of anilines is 1. The molecule has 220 valence electrons. The van der Waals surface area contributed by atoms with E-state index >= 15 is 0 Å². The molecule has 2 aliphatic heterocycles. The van der Waals surface area contributed by atoms with Crippen LogP contribution in [0.15, 0.2) is 66.7 Å². The number of aromatic nitrogens is 3. The third-order valence-electron chi connectivity index (χ3n) is 9.11. The number of carbonyl (C=O) groups is 3. The fourth-order valence-electron chi connectivity index (χ4n) is 6.74. The molecule has 0 spiro atoms. The van der Waals surface area contributed by atoms with Gasteiger partial charge in [-0.2, -0.15) is 0 Å². The highest BCUT2D eigenvalue weighted by Gasteiger charge is 2.61. The highest BCUT2D eigenvalue weighted by Crippen LogP contribution is 2.57. The standard InChI is InChI=1S/C33H39N5O4/c1-2-42-32(41)33-20-23(33)13-7-4-3-5-10-17-27(34-24-14-8-6-9-15-24)31(40)37-22-25(19-29(37)30(39)21-33)38-28-18-12-11-16-26(28)35-36-38/h6-9,11-16,18,23,25,27,29,34H,2-5,10,17,19-22H2,1H3/b13-7-/t23-,25-,27+,29+,33-/m1/s1. The van der Waals surface area contributed by atoms with E-state index in [2.05, 4.69) is 27.8 Å². The van der Waals surface area contributed by atoms with Gasteiger partial charge in [0, 0.05) is 18.7 Å². The van der Waals surface area contributed by atoms with Crippen molar-refractivity contribution in [2.24, 2.45) is 11.3 Å². The fourth-order valence-corrected chi connectivity index (χ4v) is 6.74. The lowest BCUT2D eigenvalue weighted by molar-refractivity contribution is -0.152. The number of allylic oxidation sites excluding steroid dienone is 2. The summed E-state index contributed by atoms with van der Waals surface area (Å²) in [5.74, 6) is -0.503. The van der Waals surface area contributed by atoms with E-state index in [4.69, 9.17) is 4.74 Å². The summed E-state index contributed by atoms with van der Waals surface area (Å²) in [7, 11) is 0. The van der Waals surface area contributed by atoms with Crippen LogP contribution in [0.1, 0.15) is 64.3 Å². The topological polar surface area (TPSA) is 106 Å². The summed E-state index contributed by atoms with van der Waals surface area (Å²) >= 11 is 0. The van der Waals surface area contributed by atoms with Gasteiger partial charge < -0.3 is 15.0 Å². The maximum atomic E-state index is 14.4. The van der Waals surface area contributed by atoms with E-state index in [-0.39, 0.29) is 42.6 Å². The van der Waals surface area contributed by atoms with Crippen molar-refractivity contribution < 1.29 is 19.1 Å². The Balaban J connectivity index is 1.34. The van der Waals surface area contributed by atoms with Crippen LogP contribution < -0.4 is 5.32 Å². The number of rotatable bonds is 5. The Labute approximate surface area is 246 Å². The molecule has 2 aromatic carbocycles. The Bertz CT molecular complexity index is 1470. The SMILES string of the molecule is CCOC(=O)[C@]12CC(=O)[C@@H]3C[C@@H](n4nnc5ccccc54)CN3C(=O)[C@@H](Nc3ccccc3)CCCCC/C=C\[C@@H]1C2. The van der Waals surface area contributed by atoms with Gasteiger partial charge in [0.15, 0.2) is 5.78 Å². The number of Topliss-reactive ketones (excluding diaryl/α,β-unsaturated/α-hetero) is 1. The molecule has 42 heavy (non-hydrogen) atoms. The predicted octanol–water partition coefficient (Wildman–Crippen LogP) is 5.10.